The second kappa shape index (κ2) is 8.71. The molecule has 7 heteroatoms. The summed E-state index contributed by atoms with van der Waals surface area (Å²) in [5.41, 5.74) is 0.886. The van der Waals surface area contributed by atoms with Crippen molar-refractivity contribution >= 4 is 11.9 Å². The van der Waals surface area contributed by atoms with Gasteiger partial charge in [0.15, 0.2) is 11.5 Å². The van der Waals surface area contributed by atoms with Crippen molar-refractivity contribution in [1.82, 2.24) is 9.80 Å². The first-order valence-corrected chi connectivity index (χ1v) is 8.35. The highest BCUT2D eigenvalue weighted by Gasteiger charge is 2.34. The summed E-state index contributed by atoms with van der Waals surface area (Å²) in [6, 6.07) is 5.55. The number of carbonyl (C=O) groups is 2. The van der Waals surface area contributed by atoms with Crippen molar-refractivity contribution in [3.8, 4) is 11.5 Å². The van der Waals surface area contributed by atoms with Gasteiger partial charge in [0.2, 0.25) is 5.91 Å². The average molecular weight is 350 g/mol. The average Bonchev–Trinajstić information content (AvgIpc) is 2.93. The van der Waals surface area contributed by atoms with Gasteiger partial charge in [-0.05, 0) is 38.2 Å². The third kappa shape index (κ3) is 5.35. The van der Waals surface area contributed by atoms with Gasteiger partial charge < -0.3 is 24.4 Å². The van der Waals surface area contributed by atoms with Crippen LogP contribution < -0.4 is 9.47 Å². The summed E-state index contributed by atoms with van der Waals surface area (Å²) < 4.78 is 11.1. The van der Waals surface area contributed by atoms with Gasteiger partial charge in [-0.3, -0.25) is 9.59 Å². The van der Waals surface area contributed by atoms with Gasteiger partial charge in [-0.15, -0.1) is 0 Å². The zero-order valence-electron chi connectivity index (χ0n) is 15.0. The van der Waals surface area contributed by atoms with E-state index in [4.69, 9.17) is 14.6 Å². The van der Waals surface area contributed by atoms with Crippen LogP contribution in [0, 0.1) is 5.92 Å². The highest BCUT2D eigenvalue weighted by atomic mass is 16.5. The van der Waals surface area contributed by atoms with Crippen LogP contribution in [0.25, 0.3) is 0 Å². The number of hydrogen-bond acceptors (Lipinski definition) is 5. The number of likely N-dealkylation sites (tertiary alicyclic amines) is 1. The molecule has 1 unspecified atom stereocenters. The SMILES string of the molecule is COc1cc(CN2CC(C(=O)O)CC2=O)ccc1OCCCN(C)C. The number of carbonyl (C=O) groups excluding carboxylic acids is 1. The molecule has 1 aromatic rings. The molecule has 0 radical (unpaired) electrons. The number of aliphatic carboxylic acids is 1. The molecule has 25 heavy (non-hydrogen) atoms. The normalized spacial score (nSPS) is 17.2. The number of ether oxygens (including phenoxy) is 2. The maximum Gasteiger partial charge on any atom is 0.308 e. The van der Waals surface area contributed by atoms with Gasteiger partial charge >= 0.3 is 5.97 Å². The largest absolute Gasteiger partial charge is 0.493 e. The van der Waals surface area contributed by atoms with E-state index in [-0.39, 0.29) is 18.9 Å². The molecule has 1 amide bonds. The Hall–Kier alpha value is -2.28. The minimum absolute atomic E-state index is 0.0690. The molecule has 2 rings (SSSR count). The van der Waals surface area contributed by atoms with E-state index < -0.39 is 11.9 Å². The van der Waals surface area contributed by atoms with Crippen molar-refractivity contribution in [3.05, 3.63) is 23.8 Å². The molecule has 7 nitrogen and oxygen atoms in total. The van der Waals surface area contributed by atoms with Crippen molar-refractivity contribution in [2.24, 2.45) is 5.92 Å². The van der Waals surface area contributed by atoms with Crippen LogP contribution in [-0.4, -0.2) is 67.7 Å². The Morgan fingerprint density at radius 2 is 2.12 bits per heavy atom. The monoisotopic (exact) mass is 350 g/mol. The number of amides is 1. The van der Waals surface area contributed by atoms with E-state index in [9.17, 15) is 9.59 Å². The van der Waals surface area contributed by atoms with Gasteiger partial charge in [-0.25, -0.2) is 0 Å². The molecule has 1 aliphatic rings. The molecule has 1 heterocycles. The van der Waals surface area contributed by atoms with Gasteiger partial charge in [-0.1, -0.05) is 6.07 Å². The van der Waals surface area contributed by atoms with E-state index in [1.807, 2.05) is 32.3 Å². The van der Waals surface area contributed by atoms with Crippen molar-refractivity contribution in [2.75, 3.05) is 40.9 Å². The first-order valence-electron chi connectivity index (χ1n) is 8.35. The highest BCUT2D eigenvalue weighted by molar-refractivity contribution is 5.86. The number of carboxylic acids is 1. The van der Waals surface area contributed by atoms with Crippen molar-refractivity contribution in [3.63, 3.8) is 0 Å². The molecular weight excluding hydrogens is 324 g/mol. The number of methoxy groups -OCH3 is 1. The molecule has 0 aromatic heterocycles. The minimum atomic E-state index is -0.921. The molecule has 0 saturated carbocycles. The number of rotatable bonds is 9. The highest BCUT2D eigenvalue weighted by Crippen LogP contribution is 2.29. The predicted octanol–water partition coefficient (Wildman–Crippen LogP) is 1.46. The lowest BCUT2D eigenvalue weighted by atomic mass is 10.1. The van der Waals surface area contributed by atoms with Crippen LogP contribution in [0.15, 0.2) is 18.2 Å². The molecule has 0 spiro atoms. The number of benzene rings is 1. The van der Waals surface area contributed by atoms with Crippen LogP contribution in [0.4, 0.5) is 0 Å². The van der Waals surface area contributed by atoms with Gasteiger partial charge in [0.05, 0.1) is 19.6 Å². The second-order valence-electron chi connectivity index (χ2n) is 6.50. The molecular formula is C18H26N2O5. The van der Waals surface area contributed by atoms with E-state index in [0.717, 1.165) is 18.5 Å². The van der Waals surface area contributed by atoms with Crippen LogP contribution in [-0.2, 0) is 16.1 Å². The molecule has 1 aromatic carbocycles. The van der Waals surface area contributed by atoms with Crippen LogP contribution in [0.3, 0.4) is 0 Å². The topological polar surface area (TPSA) is 79.3 Å². The Morgan fingerprint density at radius 1 is 1.36 bits per heavy atom. The van der Waals surface area contributed by atoms with Crippen LogP contribution in [0.1, 0.15) is 18.4 Å². The van der Waals surface area contributed by atoms with E-state index in [1.165, 1.54) is 0 Å². The van der Waals surface area contributed by atoms with E-state index in [1.54, 1.807) is 12.0 Å². The Morgan fingerprint density at radius 3 is 2.72 bits per heavy atom. The van der Waals surface area contributed by atoms with Gasteiger partial charge in [0.1, 0.15) is 0 Å². The van der Waals surface area contributed by atoms with E-state index >= 15 is 0 Å². The van der Waals surface area contributed by atoms with Crippen LogP contribution in [0.5, 0.6) is 11.5 Å². The molecule has 1 aliphatic heterocycles. The fourth-order valence-corrected chi connectivity index (χ4v) is 2.80. The van der Waals surface area contributed by atoms with Crippen molar-refractivity contribution < 1.29 is 24.2 Å². The summed E-state index contributed by atoms with van der Waals surface area (Å²) in [6.07, 6.45) is 0.982. The summed E-state index contributed by atoms with van der Waals surface area (Å²) in [4.78, 5) is 26.7. The smallest absolute Gasteiger partial charge is 0.308 e. The van der Waals surface area contributed by atoms with Gasteiger partial charge in [-0.2, -0.15) is 0 Å². The Labute approximate surface area is 148 Å². The lowest BCUT2D eigenvalue weighted by Gasteiger charge is -2.18. The summed E-state index contributed by atoms with van der Waals surface area (Å²) in [6.45, 7) is 2.17. The lowest BCUT2D eigenvalue weighted by Crippen LogP contribution is -2.25. The van der Waals surface area contributed by atoms with E-state index in [0.29, 0.717) is 24.7 Å². The summed E-state index contributed by atoms with van der Waals surface area (Å²) in [5, 5.41) is 9.05. The molecule has 1 atom stereocenters. The lowest BCUT2D eigenvalue weighted by molar-refractivity contribution is -0.141. The predicted molar refractivity (Wildman–Crippen MR) is 92.8 cm³/mol. The minimum Gasteiger partial charge on any atom is -0.493 e. The Bertz CT molecular complexity index is 617. The third-order valence-corrected chi connectivity index (χ3v) is 4.17. The number of carboxylic acid groups (broad SMARTS) is 1. The third-order valence-electron chi connectivity index (χ3n) is 4.17. The zero-order chi connectivity index (χ0) is 18.4. The molecule has 1 fully saturated rings. The first kappa shape index (κ1) is 19.1. The summed E-state index contributed by atoms with van der Waals surface area (Å²) >= 11 is 0. The fourth-order valence-electron chi connectivity index (χ4n) is 2.80. The second-order valence-corrected chi connectivity index (χ2v) is 6.50. The van der Waals surface area contributed by atoms with Crippen molar-refractivity contribution in [1.29, 1.82) is 0 Å². The molecule has 1 saturated heterocycles. The van der Waals surface area contributed by atoms with Crippen molar-refractivity contribution in [2.45, 2.75) is 19.4 Å². The molecule has 0 bridgehead atoms. The van der Waals surface area contributed by atoms with E-state index in [2.05, 4.69) is 4.90 Å². The summed E-state index contributed by atoms with van der Waals surface area (Å²) in [7, 11) is 5.61. The Balaban J connectivity index is 1.96. The number of hydrogen-bond donors (Lipinski definition) is 1. The van der Waals surface area contributed by atoms with Crippen LogP contribution >= 0.6 is 0 Å². The standard InChI is InChI=1S/C18H26N2O5/c1-19(2)7-4-8-25-15-6-5-13(9-16(15)24-3)11-20-12-14(18(22)23)10-17(20)21/h5-6,9,14H,4,7-8,10-12H2,1-3H3,(H,22,23). The zero-order valence-corrected chi connectivity index (χ0v) is 15.0. The number of nitrogens with zero attached hydrogens (tertiary/aromatic N) is 2. The quantitative estimate of drug-likeness (QED) is 0.679. The Kier molecular flexibility index (Phi) is 6.64. The molecule has 1 N–H and O–H groups in total. The van der Waals surface area contributed by atoms with Gasteiger partial charge in [0.25, 0.3) is 0 Å². The summed E-state index contributed by atoms with van der Waals surface area (Å²) in [5.74, 6) is -0.385. The fraction of sp³-hybridized carbons (Fsp3) is 0.556. The maximum atomic E-state index is 11.9. The first-order chi connectivity index (χ1) is 11.9. The van der Waals surface area contributed by atoms with Crippen LogP contribution in [0.2, 0.25) is 0 Å². The maximum absolute atomic E-state index is 11.9. The molecule has 138 valence electrons. The van der Waals surface area contributed by atoms with Gasteiger partial charge in [0, 0.05) is 26.1 Å². The molecule has 0 aliphatic carbocycles.